The van der Waals surface area contributed by atoms with Gasteiger partial charge in [-0.15, -0.1) is 0 Å². The number of hydrogen-bond donors (Lipinski definition) is 0. The molecule has 0 aliphatic carbocycles. The molecule has 4 heteroatoms. The molecule has 0 heterocycles. The maximum atomic E-state index is 11.7. The quantitative estimate of drug-likeness (QED) is 0.388. The van der Waals surface area contributed by atoms with Gasteiger partial charge in [0, 0.05) is 5.57 Å². The molecule has 0 unspecified atom stereocenters. The summed E-state index contributed by atoms with van der Waals surface area (Å²) in [6, 6.07) is 0. The summed E-state index contributed by atoms with van der Waals surface area (Å²) in [7, 11) is 0. The van der Waals surface area contributed by atoms with E-state index in [2.05, 4.69) is 0 Å². The molecule has 0 atom stereocenters. The van der Waals surface area contributed by atoms with Gasteiger partial charge >= 0.3 is 11.9 Å². The molecule has 0 amide bonds. The molecule has 0 saturated heterocycles. The predicted octanol–water partition coefficient (Wildman–Crippen LogP) is 3.56. The maximum Gasteiger partial charge on any atom is 0.333 e. The lowest BCUT2D eigenvalue weighted by molar-refractivity contribution is -0.146. The number of carbonyl (C=O) groups excluding carboxylic acids is 2. The van der Waals surface area contributed by atoms with Crippen molar-refractivity contribution in [1.29, 1.82) is 0 Å². The van der Waals surface area contributed by atoms with Crippen molar-refractivity contribution in [2.24, 2.45) is 0 Å². The van der Waals surface area contributed by atoms with Gasteiger partial charge in [-0.1, -0.05) is 18.2 Å². The van der Waals surface area contributed by atoms with Gasteiger partial charge in [-0.25, -0.2) is 4.79 Å². The Hall–Kier alpha value is -1.58. The number of ether oxygens (including phenoxy) is 2. The molecule has 0 aromatic heterocycles. The van der Waals surface area contributed by atoms with Gasteiger partial charge in [0.25, 0.3) is 0 Å². The first-order valence-corrected chi connectivity index (χ1v) is 7.07. The molecule has 0 fully saturated rings. The molecule has 0 N–H and O–H groups in total. The Balaban J connectivity index is 4.03. The second-order valence-corrected chi connectivity index (χ2v) is 5.02. The first-order valence-electron chi connectivity index (χ1n) is 7.07. The van der Waals surface area contributed by atoms with Crippen molar-refractivity contribution < 1.29 is 19.1 Å². The molecule has 0 aromatic rings. The summed E-state index contributed by atoms with van der Waals surface area (Å²) in [5.41, 5.74) is 0.660. The highest BCUT2D eigenvalue weighted by Crippen LogP contribution is 2.10. The lowest BCUT2D eigenvalue weighted by atomic mass is 10.1. The fourth-order valence-electron chi connectivity index (χ4n) is 1.50. The molecular weight excluding hydrogens is 256 g/mol. The summed E-state index contributed by atoms with van der Waals surface area (Å²) in [5.74, 6) is -0.503. The SMILES string of the molecule is C/C=C(\CCC=CCC(=O)OC(C)C)C(=O)OC(C)C. The van der Waals surface area contributed by atoms with Crippen LogP contribution in [0.1, 0.15) is 53.9 Å². The van der Waals surface area contributed by atoms with Gasteiger partial charge < -0.3 is 9.47 Å². The molecule has 0 bridgehead atoms. The van der Waals surface area contributed by atoms with Crippen molar-refractivity contribution in [1.82, 2.24) is 0 Å². The van der Waals surface area contributed by atoms with E-state index in [0.717, 1.165) is 0 Å². The number of hydrogen-bond acceptors (Lipinski definition) is 4. The largest absolute Gasteiger partial charge is 0.463 e. The molecule has 0 radical (unpaired) electrons. The summed E-state index contributed by atoms with van der Waals surface area (Å²) in [6.07, 6.45) is 6.79. The normalized spacial score (nSPS) is 12.2. The van der Waals surface area contributed by atoms with Crippen molar-refractivity contribution in [2.45, 2.75) is 66.1 Å². The van der Waals surface area contributed by atoms with E-state index in [0.29, 0.717) is 18.4 Å². The molecule has 0 aromatic carbocycles. The Morgan fingerprint density at radius 1 is 1.00 bits per heavy atom. The Labute approximate surface area is 121 Å². The zero-order valence-electron chi connectivity index (χ0n) is 13.1. The van der Waals surface area contributed by atoms with Crippen molar-refractivity contribution in [3.63, 3.8) is 0 Å². The number of rotatable bonds is 8. The summed E-state index contributed by atoms with van der Waals surface area (Å²) in [6.45, 7) is 9.11. The third-order valence-electron chi connectivity index (χ3n) is 2.35. The summed E-state index contributed by atoms with van der Waals surface area (Å²) < 4.78 is 10.1. The fourth-order valence-corrected chi connectivity index (χ4v) is 1.50. The lowest BCUT2D eigenvalue weighted by Gasteiger charge is -2.09. The van der Waals surface area contributed by atoms with E-state index >= 15 is 0 Å². The highest BCUT2D eigenvalue weighted by molar-refractivity contribution is 5.88. The maximum absolute atomic E-state index is 11.7. The van der Waals surface area contributed by atoms with E-state index in [-0.39, 0.29) is 30.6 Å². The zero-order valence-corrected chi connectivity index (χ0v) is 13.1. The third kappa shape index (κ3) is 9.36. The molecule has 4 nitrogen and oxygen atoms in total. The van der Waals surface area contributed by atoms with Gasteiger partial charge in [-0.3, -0.25) is 4.79 Å². The fraction of sp³-hybridized carbons (Fsp3) is 0.625. The van der Waals surface area contributed by atoms with Crippen LogP contribution in [0.4, 0.5) is 0 Å². The van der Waals surface area contributed by atoms with Crippen LogP contribution < -0.4 is 0 Å². The lowest BCUT2D eigenvalue weighted by Crippen LogP contribution is -2.13. The van der Waals surface area contributed by atoms with Crippen LogP contribution in [-0.2, 0) is 19.1 Å². The van der Waals surface area contributed by atoms with Crippen molar-refractivity contribution in [3.8, 4) is 0 Å². The molecule has 0 aliphatic rings. The predicted molar refractivity (Wildman–Crippen MR) is 79.2 cm³/mol. The van der Waals surface area contributed by atoms with E-state index in [9.17, 15) is 9.59 Å². The second-order valence-electron chi connectivity index (χ2n) is 5.02. The molecule has 0 spiro atoms. The van der Waals surface area contributed by atoms with Crippen LogP contribution in [0.15, 0.2) is 23.8 Å². The van der Waals surface area contributed by atoms with E-state index < -0.39 is 0 Å². The minimum absolute atomic E-state index is 0.0867. The number of allylic oxidation sites excluding steroid dienone is 2. The number of esters is 2. The molecule has 0 saturated carbocycles. The monoisotopic (exact) mass is 282 g/mol. The van der Waals surface area contributed by atoms with Gasteiger partial charge in [0.2, 0.25) is 0 Å². The van der Waals surface area contributed by atoms with Crippen molar-refractivity contribution in [3.05, 3.63) is 23.8 Å². The highest BCUT2D eigenvalue weighted by atomic mass is 16.5. The van der Waals surface area contributed by atoms with Crippen LogP contribution >= 0.6 is 0 Å². The van der Waals surface area contributed by atoms with Crippen molar-refractivity contribution >= 4 is 11.9 Å². The second kappa shape index (κ2) is 10.2. The molecule has 0 aliphatic heterocycles. The Morgan fingerprint density at radius 3 is 2.10 bits per heavy atom. The summed E-state index contributed by atoms with van der Waals surface area (Å²) in [5, 5.41) is 0. The Morgan fingerprint density at radius 2 is 1.60 bits per heavy atom. The van der Waals surface area contributed by atoms with Crippen LogP contribution in [0.5, 0.6) is 0 Å². The van der Waals surface area contributed by atoms with Gasteiger partial charge in [-0.2, -0.15) is 0 Å². The topological polar surface area (TPSA) is 52.6 Å². The van der Waals surface area contributed by atoms with Gasteiger partial charge in [-0.05, 0) is 47.5 Å². The van der Waals surface area contributed by atoms with Gasteiger partial charge in [0.1, 0.15) is 0 Å². The minimum Gasteiger partial charge on any atom is -0.463 e. The van der Waals surface area contributed by atoms with Crippen molar-refractivity contribution in [2.75, 3.05) is 0 Å². The van der Waals surface area contributed by atoms with E-state index in [1.807, 2.05) is 40.7 Å². The Bertz CT molecular complexity index is 365. The molecule has 20 heavy (non-hydrogen) atoms. The highest BCUT2D eigenvalue weighted by Gasteiger charge is 2.10. The molecule has 114 valence electrons. The average molecular weight is 282 g/mol. The van der Waals surface area contributed by atoms with Gasteiger partial charge in [0.05, 0.1) is 18.6 Å². The molecule has 0 rings (SSSR count). The van der Waals surface area contributed by atoms with Crippen LogP contribution in [0.3, 0.4) is 0 Å². The van der Waals surface area contributed by atoms with Crippen LogP contribution in [0.2, 0.25) is 0 Å². The zero-order chi connectivity index (χ0) is 15.5. The van der Waals surface area contributed by atoms with Crippen LogP contribution in [0.25, 0.3) is 0 Å². The average Bonchev–Trinajstić information content (AvgIpc) is 2.31. The number of carbonyl (C=O) groups is 2. The summed E-state index contributed by atoms with van der Waals surface area (Å²) in [4.78, 5) is 23.0. The van der Waals surface area contributed by atoms with E-state index in [1.54, 1.807) is 12.2 Å². The standard InChI is InChI=1S/C16H26O4/c1-6-14(16(18)20-13(4)5)10-8-7-9-11-15(17)19-12(2)3/h6-7,9,12-13H,8,10-11H2,1-5H3/b9-7?,14-6+. The Kier molecular flexibility index (Phi) is 9.43. The van der Waals surface area contributed by atoms with Gasteiger partial charge in [0.15, 0.2) is 0 Å². The molecular formula is C16H26O4. The third-order valence-corrected chi connectivity index (χ3v) is 2.35. The smallest absolute Gasteiger partial charge is 0.333 e. The van der Waals surface area contributed by atoms with E-state index in [1.165, 1.54) is 0 Å². The van der Waals surface area contributed by atoms with E-state index in [4.69, 9.17) is 9.47 Å². The van der Waals surface area contributed by atoms with Crippen LogP contribution in [0, 0.1) is 0 Å². The minimum atomic E-state index is -0.268. The van der Waals surface area contributed by atoms with Crippen LogP contribution in [-0.4, -0.2) is 24.1 Å². The summed E-state index contributed by atoms with van der Waals surface area (Å²) >= 11 is 0. The first kappa shape index (κ1) is 18.4. The first-order chi connectivity index (χ1) is 9.36.